The summed E-state index contributed by atoms with van der Waals surface area (Å²) in [4.78, 5) is 0. The summed E-state index contributed by atoms with van der Waals surface area (Å²) < 4.78 is 17.2. The van der Waals surface area contributed by atoms with Gasteiger partial charge in [-0.1, -0.05) is 18.2 Å². The Morgan fingerprint density at radius 2 is 2.17 bits per heavy atom. The Hall–Kier alpha value is -1.56. The van der Waals surface area contributed by atoms with E-state index in [0.29, 0.717) is 11.3 Å². The van der Waals surface area contributed by atoms with Crippen molar-refractivity contribution in [1.29, 1.82) is 5.26 Å². The standard InChI is InChI=1S/C9H8FNO/c10-7-8-3-1-2-4-9(8)12-6-5-11/h1-4H,6-7H2. The van der Waals surface area contributed by atoms with Crippen LogP contribution in [0.1, 0.15) is 5.56 Å². The molecule has 0 aromatic heterocycles. The molecular weight excluding hydrogens is 157 g/mol. The fourth-order valence-electron chi connectivity index (χ4n) is 0.865. The highest BCUT2D eigenvalue weighted by atomic mass is 19.1. The van der Waals surface area contributed by atoms with Crippen LogP contribution in [0, 0.1) is 11.3 Å². The maximum Gasteiger partial charge on any atom is 0.174 e. The fourth-order valence-corrected chi connectivity index (χ4v) is 0.865. The molecule has 0 saturated heterocycles. The first-order valence-corrected chi connectivity index (χ1v) is 3.52. The Kier molecular flexibility index (Phi) is 3.09. The van der Waals surface area contributed by atoms with Crippen molar-refractivity contribution in [2.24, 2.45) is 0 Å². The van der Waals surface area contributed by atoms with Gasteiger partial charge in [0, 0.05) is 5.56 Å². The van der Waals surface area contributed by atoms with E-state index in [1.165, 1.54) is 0 Å². The van der Waals surface area contributed by atoms with Crippen molar-refractivity contribution in [2.45, 2.75) is 6.67 Å². The minimum absolute atomic E-state index is 0.0446. The molecule has 0 amide bonds. The highest BCUT2D eigenvalue weighted by Crippen LogP contribution is 2.18. The van der Waals surface area contributed by atoms with Gasteiger partial charge < -0.3 is 4.74 Å². The maximum atomic E-state index is 12.3. The Bertz CT molecular complexity index is 293. The number of benzene rings is 1. The zero-order valence-electron chi connectivity index (χ0n) is 6.46. The molecule has 0 atom stereocenters. The molecule has 0 unspecified atom stereocenters. The van der Waals surface area contributed by atoms with E-state index >= 15 is 0 Å². The Balaban J connectivity index is 2.76. The van der Waals surface area contributed by atoms with Gasteiger partial charge in [-0.3, -0.25) is 0 Å². The second-order valence-electron chi connectivity index (χ2n) is 2.19. The first-order chi connectivity index (χ1) is 5.88. The third kappa shape index (κ3) is 1.96. The normalized spacial score (nSPS) is 9.00. The molecule has 3 heteroatoms. The molecule has 0 aliphatic rings. The fraction of sp³-hybridized carbons (Fsp3) is 0.222. The Labute approximate surface area is 70.2 Å². The van der Waals surface area contributed by atoms with Gasteiger partial charge in [0.25, 0.3) is 0 Å². The number of halogens is 1. The lowest BCUT2D eigenvalue weighted by atomic mass is 10.2. The molecule has 1 aromatic rings. The minimum Gasteiger partial charge on any atom is -0.478 e. The monoisotopic (exact) mass is 165 g/mol. The number of nitrogens with zero attached hydrogens (tertiary/aromatic N) is 1. The molecule has 12 heavy (non-hydrogen) atoms. The molecular formula is C9H8FNO. The third-order valence-electron chi connectivity index (χ3n) is 1.41. The molecule has 0 aliphatic carbocycles. The van der Waals surface area contributed by atoms with Crippen LogP contribution in [0.25, 0.3) is 0 Å². The molecule has 62 valence electrons. The van der Waals surface area contributed by atoms with Crippen LogP contribution in [-0.2, 0) is 6.67 Å². The van der Waals surface area contributed by atoms with Gasteiger partial charge in [0.05, 0.1) is 0 Å². The summed E-state index contributed by atoms with van der Waals surface area (Å²) in [6, 6.07) is 8.57. The van der Waals surface area contributed by atoms with Crippen molar-refractivity contribution in [2.75, 3.05) is 6.61 Å². The molecule has 1 aromatic carbocycles. The molecule has 0 spiro atoms. The smallest absolute Gasteiger partial charge is 0.174 e. The van der Waals surface area contributed by atoms with Crippen molar-refractivity contribution in [1.82, 2.24) is 0 Å². The summed E-state index contributed by atoms with van der Waals surface area (Å²) in [5.74, 6) is 0.446. The van der Waals surface area contributed by atoms with Gasteiger partial charge in [0.15, 0.2) is 6.61 Å². The van der Waals surface area contributed by atoms with E-state index in [-0.39, 0.29) is 6.61 Å². The maximum absolute atomic E-state index is 12.3. The summed E-state index contributed by atoms with van der Waals surface area (Å²) in [6.07, 6.45) is 0. The highest BCUT2D eigenvalue weighted by molar-refractivity contribution is 5.32. The second kappa shape index (κ2) is 4.35. The number of hydrogen-bond donors (Lipinski definition) is 0. The van der Waals surface area contributed by atoms with Crippen LogP contribution in [0.5, 0.6) is 5.75 Å². The van der Waals surface area contributed by atoms with Gasteiger partial charge in [0.1, 0.15) is 18.5 Å². The van der Waals surface area contributed by atoms with E-state index in [0.717, 1.165) is 0 Å². The van der Waals surface area contributed by atoms with Crippen LogP contribution in [-0.4, -0.2) is 6.61 Å². The van der Waals surface area contributed by atoms with Crippen molar-refractivity contribution >= 4 is 0 Å². The lowest BCUT2D eigenvalue weighted by molar-refractivity contribution is 0.355. The van der Waals surface area contributed by atoms with E-state index in [9.17, 15) is 4.39 Å². The molecule has 1 rings (SSSR count). The topological polar surface area (TPSA) is 33.0 Å². The van der Waals surface area contributed by atoms with E-state index < -0.39 is 6.67 Å². The molecule has 2 nitrogen and oxygen atoms in total. The summed E-state index contributed by atoms with van der Waals surface area (Å²) >= 11 is 0. The van der Waals surface area contributed by atoms with Crippen LogP contribution >= 0.6 is 0 Å². The Morgan fingerprint density at radius 1 is 1.42 bits per heavy atom. The SMILES string of the molecule is N#CCOc1ccccc1CF. The molecule has 0 heterocycles. The summed E-state index contributed by atoms with van der Waals surface area (Å²) in [5, 5.41) is 8.22. The molecule has 0 aliphatic heterocycles. The lowest BCUT2D eigenvalue weighted by Crippen LogP contribution is -1.96. The largest absolute Gasteiger partial charge is 0.478 e. The molecule has 0 bridgehead atoms. The number of para-hydroxylation sites is 1. The van der Waals surface area contributed by atoms with Crippen LogP contribution in [0.2, 0.25) is 0 Å². The second-order valence-corrected chi connectivity index (χ2v) is 2.19. The van der Waals surface area contributed by atoms with Crippen molar-refractivity contribution in [3.8, 4) is 11.8 Å². The van der Waals surface area contributed by atoms with E-state index in [2.05, 4.69) is 0 Å². The van der Waals surface area contributed by atoms with Crippen LogP contribution in [0.4, 0.5) is 4.39 Å². The average molecular weight is 165 g/mol. The van der Waals surface area contributed by atoms with Crippen molar-refractivity contribution < 1.29 is 9.13 Å². The molecule has 0 N–H and O–H groups in total. The third-order valence-corrected chi connectivity index (χ3v) is 1.41. The van der Waals surface area contributed by atoms with Crippen LogP contribution < -0.4 is 4.74 Å². The van der Waals surface area contributed by atoms with Gasteiger partial charge in [-0.25, -0.2) is 4.39 Å². The quantitative estimate of drug-likeness (QED) is 0.686. The van der Waals surface area contributed by atoms with Gasteiger partial charge in [-0.2, -0.15) is 5.26 Å². The first kappa shape index (κ1) is 8.54. The summed E-state index contributed by atoms with van der Waals surface area (Å²) in [5.41, 5.74) is 0.479. The summed E-state index contributed by atoms with van der Waals surface area (Å²) in [6.45, 7) is -0.612. The Morgan fingerprint density at radius 3 is 2.83 bits per heavy atom. The number of nitriles is 1. The number of rotatable bonds is 3. The van der Waals surface area contributed by atoms with E-state index in [1.807, 2.05) is 6.07 Å². The van der Waals surface area contributed by atoms with Crippen LogP contribution in [0.3, 0.4) is 0 Å². The zero-order valence-corrected chi connectivity index (χ0v) is 6.46. The predicted octanol–water partition coefficient (Wildman–Crippen LogP) is 2.06. The molecule has 0 radical (unpaired) electrons. The van der Waals surface area contributed by atoms with Gasteiger partial charge >= 0.3 is 0 Å². The zero-order chi connectivity index (χ0) is 8.81. The van der Waals surface area contributed by atoms with E-state index in [4.69, 9.17) is 10.00 Å². The summed E-state index contributed by atoms with van der Waals surface area (Å²) in [7, 11) is 0. The number of alkyl halides is 1. The number of ether oxygens (including phenoxy) is 1. The van der Waals surface area contributed by atoms with Gasteiger partial charge in [-0.15, -0.1) is 0 Å². The molecule has 0 saturated carbocycles. The van der Waals surface area contributed by atoms with Crippen molar-refractivity contribution in [3.63, 3.8) is 0 Å². The van der Waals surface area contributed by atoms with Crippen molar-refractivity contribution in [3.05, 3.63) is 29.8 Å². The highest BCUT2D eigenvalue weighted by Gasteiger charge is 2.00. The van der Waals surface area contributed by atoms with Crippen LogP contribution in [0.15, 0.2) is 24.3 Å². The predicted molar refractivity (Wildman–Crippen MR) is 42.4 cm³/mol. The molecule has 0 fully saturated rings. The number of hydrogen-bond acceptors (Lipinski definition) is 2. The minimum atomic E-state index is -0.568. The lowest BCUT2D eigenvalue weighted by Gasteiger charge is -2.04. The van der Waals surface area contributed by atoms with E-state index in [1.54, 1.807) is 24.3 Å². The average Bonchev–Trinajstić information content (AvgIpc) is 2.15. The van der Waals surface area contributed by atoms with Gasteiger partial charge in [-0.05, 0) is 6.07 Å². The first-order valence-electron chi connectivity index (χ1n) is 3.52. The van der Waals surface area contributed by atoms with Gasteiger partial charge in [0.2, 0.25) is 0 Å².